The Morgan fingerprint density at radius 3 is 2.05 bits per heavy atom. The molecule has 0 aromatic heterocycles. The van der Waals surface area contributed by atoms with Crippen LogP contribution in [0.5, 0.6) is 0 Å². The van der Waals surface area contributed by atoms with Crippen molar-refractivity contribution in [1.29, 1.82) is 0 Å². The number of ketones is 1. The van der Waals surface area contributed by atoms with Gasteiger partial charge >= 0.3 is 0 Å². The number of carbonyl (C=O) groups is 1. The van der Waals surface area contributed by atoms with Gasteiger partial charge in [-0.15, -0.1) is 11.8 Å². The van der Waals surface area contributed by atoms with Crippen molar-refractivity contribution >= 4 is 17.5 Å². The Bertz CT molecular complexity index is 779. The lowest BCUT2D eigenvalue weighted by molar-refractivity contribution is 0.103. The van der Waals surface area contributed by atoms with Crippen LogP contribution >= 0.6 is 11.8 Å². The van der Waals surface area contributed by atoms with E-state index >= 15 is 0 Å². The zero-order valence-corrected chi connectivity index (χ0v) is 13.1. The standard InChI is InChI=1S/C20H16OS/c1-22-19-14-17(20(21)16-10-6-3-7-11-16)12-13-18(19)15-8-4-2-5-9-15/h2-14H,1H3. The molecule has 0 aliphatic carbocycles. The molecule has 0 fully saturated rings. The zero-order chi connectivity index (χ0) is 15.4. The van der Waals surface area contributed by atoms with Crippen LogP contribution in [-0.2, 0) is 0 Å². The third-order valence-electron chi connectivity index (χ3n) is 3.58. The molecule has 3 aromatic carbocycles. The molecule has 0 aliphatic heterocycles. The molecular weight excluding hydrogens is 288 g/mol. The summed E-state index contributed by atoms with van der Waals surface area (Å²) in [7, 11) is 0. The minimum absolute atomic E-state index is 0.0653. The number of hydrogen-bond donors (Lipinski definition) is 0. The van der Waals surface area contributed by atoms with E-state index in [2.05, 4.69) is 12.1 Å². The fraction of sp³-hybridized carbons (Fsp3) is 0.0500. The second kappa shape index (κ2) is 6.63. The van der Waals surface area contributed by atoms with Gasteiger partial charge in [0.05, 0.1) is 0 Å². The van der Waals surface area contributed by atoms with Crippen molar-refractivity contribution in [2.75, 3.05) is 6.26 Å². The van der Waals surface area contributed by atoms with Gasteiger partial charge in [0.25, 0.3) is 0 Å². The van der Waals surface area contributed by atoms with Crippen LogP contribution in [0, 0.1) is 0 Å². The Hall–Kier alpha value is -2.32. The van der Waals surface area contributed by atoms with Gasteiger partial charge in [-0.2, -0.15) is 0 Å². The summed E-state index contributed by atoms with van der Waals surface area (Å²) in [6, 6.07) is 25.6. The summed E-state index contributed by atoms with van der Waals surface area (Å²) in [4.78, 5) is 13.7. The van der Waals surface area contributed by atoms with E-state index in [9.17, 15) is 4.79 Å². The fourth-order valence-electron chi connectivity index (χ4n) is 2.44. The van der Waals surface area contributed by atoms with Gasteiger partial charge in [-0.05, 0) is 23.4 Å². The van der Waals surface area contributed by atoms with Gasteiger partial charge in [-0.3, -0.25) is 4.79 Å². The van der Waals surface area contributed by atoms with Crippen LogP contribution < -0.4 is 0 Å². The summed E-state index contributed by atoms with van der Waals surface area (Å²) in [5, 5.41) is 0. The molecular formula is C20H16OS. The molecule has 0 saturated carbocycles. The molecule has 22 heavy (non-hydrogen) atoms. The predicted octanol–water partition coefficient (Wildman–Crippen LogP) is 5.31. The Balaban J connectivity index is 2.01. The van der Waals surface area contributed by atoms with Gasteiger partial charge in [0.15, 0.2) is 5.78 Å². The van der Waals surface area contributed by atoms with Crippen molar-refractivity contribution in [1.82, 2.24) is 0 Å². The Kier molecular flexibility index (Phi) is 4.40. The van der Waals surface area contributed by atoms with E-state index < -0.39 is 0 Å². The van der Waals surface area contributed by atoms with Gasteiger partial charge in [-0.1, -0.05) is 72.8 Å². The summed E-state index contributed by atoms with van der Waals surface area (Å²) in [6.45, 7) is 0. The van der Waals surface area contributed by atoms with Gasteiger partial charge < -0.3 is 0 Å². The molecule has 3 aromatic rings. The third-order valence-corrected chi connectivity index (χ3v) is 4.36. The molecule has 0 unspecified atom stereocenters. The SMILES string of the molecule is CSc1cc(C(=O)c2ccccc2)ccc1-c1ccccc1. The van der Waals surface area contributed by atoms with E-state index in [1.165, 1.54) is 5.56 Å². The van der Waals surface area contributed by atoms with E-state index in [0.717, 1.165) is 21.6 Å². The number of rotatable bonds is 4. The maximum atomic E-state index is 12.6. The van der Waals surface area contributed by atoms with Crippen LogP contribution in [0.15, 0.2) is 83.8 Å². The fourth-order valence-corrected chi connectivity index (χ4v) is 3.10. The Morgan fingerprint density at radius 1 is 0.773 bits per heavy atom. The highest BCUT2D eigenvalue weighted by atomic mass is 32.2. The van der Waals surface area contributed by atoms with Crippen LogP contribution in [0.1, 0.15) is 15.9 Å². The highest BCUT2D eigenvalue weighted by Crippen LogP contribution is 2.31. The van der Waals surface area contributed by atoms with Crippen LogP contribution in [0.4, 0.5) is 0 Å². The lowest BCUT2D eigenvalue weighted by Crippen LogP contribution is -2.01. The van der Waals surface area contributed by atoms with Gasteiger partial charge in [-0.25, -0.2) is 0 Å². The highest BCUT2D eigenvalue weighted by molar-refractivity contribution is 7.98. The molecule has 0 atom stereocenters. The monoisotopic (exact) mass is 304 g/mol. The Labute approximate surface area is 135 Å². The van der Waals surface area contributed by atoms with Crippen LogP contribution in [0.3, 0.4) is 0 Å². The van der Waals surface area contributed by atoms with Crippen LogP contribution in [-0.4, -0.2) is 12.0 Å². The summed E-state index contributed by atoms with van der Waals surface area (Å²) < 4.78 is 0. The first-order valence-electron chi connectivity index (χ1n) is 7.13. The van der Waals surface area contributed by atoms with Gasteiger partial charge in [0, 0.05) is 16.0 Å². The minimum atomic E-state index is 0.0653. The van der Waals surface area contributed by atoms with E-state index in [1.807, 2.05) is 73.0 Å². The molecule has 3 rings (SSSR count). The second-order valence-corrected chi connectivity index (χ2v) is 5.82. The summed E-state index contributed by atoms with van der Waals surface area (Å²) in [6.07, 6.45) is 2.04. The highest BCUT2D eigenvalue weighted by Gasteiger charge is 2.12. The van der Waals surface area contributed by atoms with Crippen molar-refractivity contribution in [2.24, 2.45) is 0 Å². The van der Waals surface area contributed by atoms with Crippen molar-refractivity contribution in [3.8, 4) is 11.1 Å². The summed E-state index contributed by atoms with van der Waals surface area (Å²) in [5.74, 6) is 0.0653. The smallest absolute Gasteiger partial charge is 0.193 e. The van der Waals surface area contributed by atoms with Gasteiger partial charge in [0.2, 0.25) is 0 Å². The normalized spacial score (nSPS) is 10.4. The average Bonchev–Trinajstić information content (AvgIpc) is 2.62. The first-order valence-corrected chi connectivity index (χ1v) is 8.35. The lowest BCUT2D eigenvalue weighted by Gasteiger charge is -2.10. The Morgan fingerprint density at radius 2 is 1.41 bits per heavy atom. The molecule has 0 N–H and O–H groups in total. The summed E-state index contributed by atoms with van der Waals surface area (Å²) >= 11 is 1.66. The molecule has 0 heterocycles. The molecule has 0 radical (unpaired) electrons. The molecule has 0 saturated heterocycles. The minimum Gasteiger partial charge on any atom is -0.289 e. The second-order valence-electron chi connectivity index (χ2n) is 4.98. The largest absolute Gasteiger partial charge is 0.289 e. The van der Waals surface area contributed by atoms with Crippen molar-refractivity contribution in [2.45, 2.75) is 4.90 Å². The van der Waals surface area contributed by atoms with E-state index in [-0.39, 0.29) is 5.78 Å². The molecule has 0 bridgehead atoms. The van der Waals surface area contributed by atoms with Crippen molar-refractivity contribution in [3.05, 3.63) is 90.0 Å². The van der Waals surface area contributed by atoms with Crippen molar-refractivity contribution in [3.63, 3.8) is 0 Å². The zero-order valence-electron chi connectivity index (χ0n) is 12.3. The van der Waals surface area contributed by atoms with E-state index in [4.69, 9.17) is 0 Å². The lowest BCUT2D eigenvalue weighted by atomic mass is 9.99. The molecule has 0 amide bonds. The number of hydrogen-bond acceptors (Lipinski definition) is 2. The molecule has 0 spiro atoms. The molecule has 0 aliphatic rings. The van der Waals surface area contributed by atoms with E-state index in [1.54, 1.807) is 11.8 Å². The maximum Gasteiger partial charge on any atom is 0.193 e. The predicted molar refractivity (Wildman–Crippen MR) is 93.5 cm³/mol. The molecule has 1 nitrogen and oxygen atoms in total. The van der Waals surface area contributed by atoms with Crippen LogP contribution in [0.25, 0.3) is 11.1 Å². The quantitative estimate of drug-likeness (QED) is 0.480. The summed E-state index contributed by atoms with van der Waals surface area (Å²) in [5.41, 5.74) is 3.79. The first-order chi connectivity index (χ1) is 10.8. The molecule has 108 valence electrons. The number of benzene rings is 3. The number of thioether (sulfide) groups is 1. The van der Waals surface area contributed by atoms with Crippen molar-refractivity contribution < 1.29 is 4.79 Å². The van der Waals surface area contributed by atoms with E-state index in [0.29, 0.717) is 0 Å². The number of carbonyl (C=O) groups excluding carboxylic acids is 1. The first kappa shape index (κ1) is 14.6. The topological polar surface area (TPSA) is 17.1 Å². The average molecular weight is 304 g/mol. The molecule has 2 heteroatoms. The van der Waals surface area contributed by atoms with Crippen LogP contribution in [0.2, 0.25) is 0 Å². The van der Waals surface area contributed by atoms with Gasteiger partial charge in [0.1, 0.15) is 0 Å². The third kappa shape index (κ3) is 2.97. The maximum absolute atomic E-state index is 12.6.